The van der Waals surface area contributed by atoms with Crippen molar-refractivity contribution >= 4 is 29.3 Å². The van der Waals surface area contributed by atoms with E-state index >= 15 is 0 Å². The fourth-order valence-corrected chi connectivity index (χ4v) is 2.27. The molecule has 1 aromatic carbocycles. The standard InChI is InChI=1S/C17H24N4O4/c1-2-3-13(10-16(24)25)21-15(23)9-8-14(22)20-12-6-4-11(5-7-12)17(18)19/h4-7,13H,2-3,8-10H2,1H3,(H3,18,19)(H,20,22)(H,21,23)(H,24,25). The van der Waals surface area contributed by atoms with E-state index in [4.69, 9.17) is 16.2 Å². The van der Waals surface area contributed by atoms with Gasteiger partial charge in [-0.3, -0.25) is 19.8 Å². The van der Waals surface area contributed by atoms with E-state index in [1.54, 1.807) is 24.3 Å². The summed E-state index contributed by atoms with van der Waals surface area (Å²) in [6, 6.07) is 6.06. The first-order valence-corrected chi connectivity index (χ1v) is 8.07. The molecule has 0 spiro atoms. The van der Waals surface area contributed by atoms with Crippen molar-refractivity contribution < 1.29 is 19.5 Å². The molecule has 0 saturated heterocycles. The number of hydrogen-bond acceptors (Lipinski definition) is 4. The molecule has 2 amide bonds. The van der Waals surface area contributed by atoms with E-state index in [1.807, 2.05) is 6.92 Å². The zero-order valence-corrected chi connectivity index (χ0v) is 14.2. The highest BCUT2D eigenvalue weighted by molar-refractivity contribution is 5.96. The van der Waals surface area contributed by atoms with E-state index < -0.39 is 12.0 Å². The van der Waals surface area contributed by atoms with Crippen LogP contribution in [-0.4, -0.2) is 34.8 Å². The maximum Gasteiger partial charge on any atom is 0.305 e. The van der Waals surface area contributed by atoms with Crippen LogP contribution >= 0.6 is 0 Å². The molecular weight excluding hydrogens is 324 g/mol. The van der Waals surface area contributed by atoms with Crippen LogP contribution < -0.4 is 16.4 Å². The zero-order chi connectivity index (χ0) is 18.8. The number of nitrogens with two attached hydrogens (primary N) is 1. The molecule has 0 heterocycles. The molecule has 25 heavy (non-hydrogen) atoms. The molecule has 1 unspecified atom stereocenters. The minimum Gasteiger partial charge on any atom is -0.481 e. The van der Waals surface area contributed by atoms with Crippen molar-refractivity contribution in [3.05, 3.63) is 29.8 Å². The predicted molar refractivity (Wildman–Crippen MR) is 94.4 cm³/mol. The molecule has 0 fully saturated rings. The molecule has 0 bridgehead atoms. The zero-order valence-electron chi connectivity index (χ0n) is 14.2. The van der Waals surface area contributed by atoms with Gasteiger partial charge >= 0.3 is 5.97 Å². The largest absolute Gasteiger partial charge is 0.481 e. The number of benzene rings is 1. The van der Waals surface area contributed by atoms with E-state index in [9.17, 15) is 14.4 Å². The molecule has 8 heteroatoms. The molecule has 136 valence electrons. The smallest absolute Gasteiger partial charge is 0.305 e. The lowest BCUT2D eigenvalue weighted by molar-refractivity contribution is -0.137. The fraction of sp³-hybridized carbons (Fsp3) is 0.412. The third-order valence-corrected chi connectivity index (χ3v) is 3.48. The predicted octanol–water partition coefficient (Wildman–Crippen LogP) is 1.45. The summed E-state index contributed by atoms with van der Waals surface area (Å²) in [6.07, 6.45) is 1.18. The molecule has 1 atom stereocenters. The SMILES string of the molecule is CCCC(CC(=O)O)NC(=O)CCC(=O)Nc1ccc(C(=N)N)cc1. The first kappa shape index (κ1) is 20.1. The van der Waals surface area contributed by atoms with Crippen LogP contribution in [0.25, 0.3) is 0 Å². The molecule has 0 radical (unpaired) electrons. The van der Waals surface area contributed by atoms with Crippen LogP contribution in [0.2, 0.25) is 0 Å². The van der Waals surface area contributed by atoms with Gasteiger partial charge in [0.05, 0.1) is 6.42 Å². The van der Waals surface area contributed by atoms with Crippen molar-refractivity contribution in [3.8, 4) is 0 Å². The summed E-state index contributed by atoms with van der Waals surface area (Å²) in [7, 11) is 0. The van der Waals surface area contributed by atoms with Gasteiger partial charge in [0.15, 0.2) is 0 Å². The number of carboxylic acid groups (broad SMARTS) is 1. The average molecular weight is 348 g/mol. The Labute approximate surface area is 146 Å². The van der Waals surface area contributed by atoms with E-state index in [-0.39, 0.29) is 36.9 Å². The number of amides is 2. The number of aliphatic carboxylic acids is 1. The first-order chi connectivity index (χ1) is 11.8. The van der Waals surface area contributed by atoms with Crippen LogP contribution in [0.1, 0.15) is 44.6 Å². The Kier molecular flexibility index (Phi) is 8.11. The maximum atomic E-state index is 11.9. The van der Waals surface area contributed by atoms with Gasteiger partial charge in [-0.25, -0.2) is 0 Å². The maximum absolute atomic E-state index is 11.9. The monoisotopic (exact) mass is 348 g/mol. The molecule has 0 aliphatic carbocycles. The number of carbonyl (C=O) groups excluding carboxylic acids is 2. The molecule has 1 rings (SSSR count). The van der Waals surface area contributed by atoms with Gasteiger partial charge in [0.25, 0.3) is 0 Å². The summed E-state index contributed by atoms with van der Waals surface area (Å²) in [6.45, 7) is 1.91. The third-order valence-electron chi connectivity index (χ3n) is 3.48. The molecule has 0 saturated carbocycles. The Morgan fingerprint density at radius 1 is 1.16 bits per heavy atom. The summed E-state index contributed by atoms with van der Waals surface area (Å²) < 4.78 is 0. The highest BCUT2D eigenvalue weighted by Gasteiger charge is 2.16. The van der Waals surface area contributed by atoms with Crippen molar-refractivity contribution in [2.45, 2.75) is 45.1 Å². The van der Waals surface area contributed by atoms with E-state index in [2.05, 4.69) is 10.6 Å². The van der Waals surface area contributed by atoms with Gasteiger partial charge in [-0.15, -0.1) is 0 Å². The highest BCUT2D eigenvalue weighted by Crippen LogP contribution is 2.10. The van der Waals surface area contributed by atoms with Gasteiger partial charge in [0, 0.05) is 30.1 Å². The van der Waals surface area contributed by atoms with E-state index in [0.717, 1.165) is 6.42 Å². The van der Waals surface area contributed by atoms with Crippen LogP contribution in [0.4, 0.5) is 5.69 Å². The van der Waals surface area contributed by atoms with Gasteiger partial charge in [-0.05, 0) is 30.7 Å². The summed E-state index contributed by atoms with van der Waals surface area (Å²) in [5.41, 5.74) is 6.45. The highest BCUT2D eigenvalue weighted by atomic mass is 16.4. The van der Waals surface area contributed by atoms with E-state index in [1.165, 1.54) is 0 Å². The topological polar surface area (TPSA) is 145 Å². The Balaban J connectivity index is 2.42. The van der Waals surface area contributed by atoms with Crippen molar-refractivity contribution in [2.75, 3.05) is 5.32 Å². The number of nitrogens with one attached hydrogen (secondary N) is 3. The van der Waals surface area contributed by atoms with E-state index in [0.29, 0.717) is 17.7 Å². The van der Waals surface area contributed by atoms with Crippen LogP contribution in [0, 0.1) is 5.41 Å². The number of hydrogen-bond donors (Lipinski definition) is 5. The van der Waals surface area contributed by atoms with Crippen LogP contribution in [0.5, 0.6) is 0 Å². The minimum absolute atomic E-state index is 0.00773. The number of carbonyl (C=O) groups is 3. The van der Waals surface area contributed by atoms with Gasteiger partial charge in [-0.1, -0.05) is 13.3 Å². The quantitative estimate of drug-likeness (QED) is 0.321. The second kappa shape index (κ2) is 10.1. The second-order valence-electron chi connectivity index (χ2n) is 5.69. The lowest BCUT2D eigenvalue weighted by Gasteiger charge is -2.16. The third kappa shape index (κ3) is 7.96. The van der Waals surface area contributed by atoms with Crippen molar-refractivity contribution in [1.29, 1.82) is 5.41 Å². The Hall–Kier alpha value is -2.90. The molecule has 6 N–H and O–H groups in total. The summed E-state index contributed by atoms with van der Waals surface area (Å²) in [5, 5.41) is 21.4. The van der Waals surface area contributed by atoms with Crippen molar-refractivity contribution in [2.24, 2.45) is 5.73 Å². The number of anilines is 1. The Morgan fingerprint density at radius 3 is 2.28 bits per heavy atom. The molecule has 8 nitrogen and oxygen atoms in total. The van der Waals surface area contributed by atoms with Crippen LogP contribution in [-0.2, 0) is 14.4 Å². The summed E-state index contributed by atoms with van der Waals surface area (Å²) >= 11 is 0. The van der Waals surface area contributed by atoms with Gasteiger partial charge in [0.2, 0.25) is 11.8 Å². The molecule has 0 aliphatic heterocycles. The Morgan fingerprint density at radius 2 is 1.76 bits per heavy atom. The van der Waals surface area contributed by atoms with Crippen molar-refractivity contribution in [1.82, 2.24) is 5.32 Å². The molecule has 0 aliphatic rings. The number of carboxylic acids is 1. The summed E-state index contributed by atoms with van der Waals surface area (Å²) in [5.74, 6) is -1.69. The normalized spacial score (nSPS) is 11.4. The average Bonchev–Trinajstić information content (AvgIpc) is 2.53. The number of amidine groups is 1. The van der Waals surface area contributed by atoms with Gasteiger partial charge < -0.3 is 21.5 Å². The summed E-state index contributed by atoms with van der Waals surface area (Å²) in [4.78, 5) is 34.5. The first-order valence-electron chi connectivity index (χ1n) is 8.07. The minimum atomic E-state index is -0.967. The van der Waals surface area contributed by atoms with Gasteiger partial charge in [-0.2, -0.15) is 0 Å². The van der Waals surface area contributed by atoms with Crippen molar-refractivity contribution in [3.63, 3.8) is 0 Å². The van der Waals surface area contributed by atoms with Crippen LogP contribution in [0.3, 0.4) is 0 Å². The Bertz CT molecular complexity index is 628. The number of rotatable bonds is 10. The molecule has 1 aromatic rings. The lowest BCUT2D eigenvalue weighted by atomic mass is 10.1. The second-order valence-corrected chi connectivity index (χ2v) is 5.69. The van der Waals surface area contributed by atoms with Gasteiger partial charge in [0.1, 0.15) is 5.84 Å². The number of nitrogen functional groups attached to an aromatic ring is 1. The fourth-order valence-electron chi connectivity index (χ4n) is 2.27. The lowest BCUT2D eigenvalue weighted by Crippen LogP contribution is -2.36. The van der Waals surface area contributed by atoms with Crippen LogP contribution in [0.15, 0.2) is 24.3 Å². The molecular formula is C17H24N4O4. The molecule has 0 aromatic heterocycles.